The van der Waals surface area contributed by atoms with Gasteiger partial charge in [-0.1, -0.05) is 36.3 Å². The van der Waals surface area contributed by atoms with E-state index in [0.29, 0.717) is 30.0 Å². The van der Waals surface area contributed by atoms with Gasteiger partial charge < -0.3 is 10.1 Å². The van der Waals surface area contributed by atoms with E-state index in [1.165, 1.54) is 12.1 Å². The van der Waals surface area contributed by atoms with E-state index < -0.39 is 10.0 Å². The van der Waals surface area contributed by atoms with Crippen LogP contribution in [-0.2, 0) is 16.4 Å². The fourth-order valence-corrected chi connectivity index (χ4v) is 3.88. The molecule has 1 amide bonds. The van der Waals surface area contributed by atoms with Crippen molar-refractivity contribution in [2.24, 2.45) is 0 Å². The Morgan fingerprint density at radius 3 is 2.26 bits per heavy atom. The third-order valence-electron chi connectivity index (χ3n) is 4.40. The SMILES string of the molecule is C#CCOc1ccc(CCNC(=O)c2ccc(NS(=O)(=O)c3ccccc3)cc2)cc1. The van der Waals surface area contributed by atoms with E-state index >= 15 is 0 Å². The molecule has 0 bridgehead atoms. The first kappa shape index (κ1) is 21.9. The number of terminal acetylenes is 1. The number of ether oxygens (including phenoxy) is 1. The Bertz CT molecular complexity index is 1150. The van der Waals surface area contributed by atoms with Gasteiger partial charge in [0.2, 0.25) is 0 Å². The number of amides is 1. The summed E-state index contributed by atoms with van der Waals surface area (Å²) in [5.41, 5.74) is 1.88. The minimum absolute atomic E-state index is 0.174. The highest BCUT2D eigenvalue weighted by Crippen LogP contribution is 2.16. The van der Waals surface area contributed by atoms with Crippen molar-refractivity contribution in [3.8, 4) is 18.1 Å². The maximum atomic E-state index is 12.4. The number of benzene rings is 3. The number of carbonyl (C=O) groups excluding carboxylic acids is 1. The van der Waals surface area contributed by atoms with Crippen LogP contribution in [0.4, 0.5) is 5.69 Å². The van der Waals surface area contributed by atoms with Gasteiger partial charge in [-0.05, 0) is 60.5 Å². The Labute approximate surface area is 182 Å². The highest BCUT2D eigenvalue weighted by Gasteiger charge is 2.13. The molecule has 0 fully saturated rings. The molecule has 3 aromatic carbocycles. The summed E-state index contributed by atoms with van der Waals surface area (Å²) in [6.45, 7) is 0.688. The number of carbonyl (C=O) groups is 1. The number of hydrogen-bond donors (Lipinski definition) is 2. The van der Waals surface area contributed by atoms with Crippen LogP contribution < -0.4 is 14.8 Å². The number of nitrogens with one attached hydrogen (secondary N) is 2. The summed E-state index contributed by atoms with van der Waals surface area (Å²) in [6, 6.07) is 21.9. The van der Waals surface area contributed by atoms with Crippen molar-refractivity contribution in [1.82, 2.24) is 5.32 Å². The van der Waals surface area contributed by atoms with Crippen LogP contribution in [0.5, 0.6) is 5.75 Å². The van der Waals surface area contributed by atoms with Crippen LogP contribution in [0.2, 0.25) is 0 Å². The summed E-state index contributed by atoms with van der Waals surface area (Å²) in [5.74, 6) is 2.88. The fraction of sp³-hybridized carbons (Fsp3) is 0.125. The lowest BCUT2D eigenvalue weighted by atomic mass is 10.1. The molecule has 0 atom stereocenters. The molecule has 0 saturated carbocycles. The zero-order valence-corrected chi connectivity index (χ0v) is 17.6. The molecule has 0 aliphatic rings. The topological polar surface area (TPSA) is 84.5 Å². The molecule has 2 N–H and O–H groups in total. The van der Waals surface area contributed by atoms with Crippen molar-refractivity contribution >= 4 is 21.6 Å². The van der Waals surface area contributed by atoms with Crippen molar-refractivity contribution in [2.75, 3.05) is 17.9 Å². The van der Waals surface area contributed by atoms with E-state index in [2.05, 4.69) is 16.0 Å². The summed E-state index contributed by atoms with van der Waals surface area (Å²) in [7, 11) is -3.67. The zero-order chi connectivity index (χ0) is 22.1. The molecule has 3 rings (SSSR count). The highest BCUT2D eigenvalue weighted by atomic mass is 32.2. The lowest BCUT2D eigenvalue weighted by molar-refractivity contribution is 0.0954. The summed E-state index contributed by atoms with van der Waals surface area (Å²) >= 11 is 0. The molecule has 31 heavy (non-hydrogen) atoms. The molecule has 158 valence electrons. The summed E-state index contributed by atoms with van der Waals surface area (Å²) in [6.07, 6.45) is 5.82. The average molecular weight is 435 g/mol. The van der Waals surface area contributed by atoms with Gasteiger partial charge in [0.25, 0.3) is 15.9 Å². The first-order valence-corrected chi connectivity index (χ1v) is 11.1. The smallest absolute Gasteiger partial charge is 0.261 e. The lowest BCUT2D eigenvalue weighted by Crippen LogP contribution is -2.25. The Balaban J connectivity index is 1.50. The van der Waals surface area contributed by atoms with Gasteiger partial charge in [-0.2, -0.15) is 0 Å². The third-order valence-corrected chi connectivity index (χ3v) is 5.79. The maximum Gasteiger partial charge on any atom is 0.261 e. The van der Waals surface area contributed by atoms with Crippen LogP contribution in [0.1, 0.15) is 15.9 Å². The van der Waals surface area contributed by atoms with E-state index in [9.17, 15) is 13.2 Å². The van der Waals surface area contributed by atoms with Crippen LogP contribution >= 0.6 is 0 Å². The average Bonchev–Trinajstić information content (AvgIpc) is 2.79. The van der Waals surface area contributed by atoms with Gasteiger partial charge in [-0.3, -0.25) is 9.52 Å². The van der Waals surface area contributed by atoms with Crippen molar-refractivity contribution in [2.45, 2.75) is 11.3 Å². The van der Waals surface area contributed by atoms with Crippen LogP contribution in [0, 0.1) is 12.3 Å². The minimum atomic E-state index is -3.67. The van der Waals surface area contributed by atoms with E-state index in [1.54, 1.807) is 42.5 Å². The summed E-state index contributed by atoms with van der Waals surface area (Å²) in [4.78, 5) is 12.5. The van der Waals surface area contributed by atoms with Gasteiger partial charge in [0.1, 0.15) is 12.4 Å². The lowest BCUT2D eigenvalue weighted by Gasteiger charge is -2.09. The Kier molecular flexibility index (Phi) is 7.31. The Morgan fingerprint density at radius 1 is 0.935 bits per heavy atom. The first-order chi connectivity index (χ1) is 15.0. The van der Waals surface area contributed by atoms with Gasteiger partial charge >= 0.3 is 0 Å². The van der Waals surface area contributed by atoms with E-state index in [1.807, 2.05) is 24.3 Å². The normalized spacial score (nSPS) is 10.7. The number of rotatable bonds is 9. The van der Waals surface area contributed by atoms with Crippen LogP contribution in [0.15, 0.2) is 83.8 Å². The Morgan fingerprint density at radius 2 is 1.61 bits per heavy atom. The quantitative estimate of drug-likeness (QED) is 0.505. The van der Waals surface area contributed by atoms with Crippen LogP contribution in [0.25, 0.3) is 0 Å². The van der Waals surface area contributed by atoms with E-state index in [4.69, 9.17) is 11.2 Å². The largest absolute Gasteiger partial charge is 0.481 e. The van der Waals surface area contributed by atoms with E-state index in [-0.39, 0.29) is 17.4 Å². The number of anilines is 1. The number of sulfonamides is 1. The molecule has 0 aliphatic heterocycles. The monoisotopic (exact) mass is 434 g/mol. The van der Waals surface area contributed by atoms with Crippen LogP contribution in [-0.4, -0.2) is 27.5 Å². The van der Waals surface area contributed by atoms with Gasteiger partial charge in [0.05, 0.1) is 4.90 Å². The molecule has 0 unspecified atom stereocenters. The number of hydrogen-bond acceptors (Lipinski definition) is 4. The van der Waals surface area contributed by atoms with Gasteiger partial charge in [-0.15, -0.1) is 6.42 Å². The summed E-state index contributed by atoms with van der Waals surface area (Å²) in [5, 5.41) is 2.85. The molecule has 0 heterocycles. The molecule has 0 aromatic heterocycles. The predicted molar refractivity (Wildman–Crippen MR) is 120 cm³/mol. The molecule has 6 nitrogen and oxygen atoms in total. The summed E-state index contributed by atoms with van der Waals surface area (Å²) < 4.78 is 32.6. The van der Waals surface area contributed by atoms with Gasteiger partial charge in [0, 0.05) is 17.8 Å². The molecule has 7 heteroatoms. The Hall–Kier alpha value is -3.76. The van der Waals surface area contributed by atoms with Crippen molar-refractivity contribution < 1.29 is 17.9 Å². The van der Waals surface area contributed by atoms with Crippen molar-refractivity contribution in [1.29, 1.82) is 0 Å². The van der Waals surface area contributed by atoms with E-state index in [0.717, 1.165) is 5.56 Å². The molecule has 0 spiro atoms. The van der Waals surface area contributed by atoms with Crippen LogP contribution in [0.3, 0.4) is 0 Å². The second-order valence-electron chi connectivity index (χ2n) is 6.64. The second kappa shape index (κ2) is 10.3. The molecule has 0 radical (unpaired) electrons. The first-order valence-electron chi connectivity index (χ1n) is 9.59. The molecular weight excluding hydrogens is 412 g/mol. The predicted octanol–water partition coefficient (Wildman–Crippen LogP) is 3.47. The van der Waals surface area contributed by atoms with Gasteiger partial charge in [0.15, 0.2) is 0 Å². The molecule has 0 saturated heterocycles. The molecular formula is C24H22N2O4S. The highest BCUT2D eigenvalue weighted by molar-refractivity contribution is 7.92. The standard InChI is InChI=1S/C24H22N2O4S/c1-2-18-30-22-14-8-19(9-15-22)16-17-25-24(27)20-10-12-21(13-11-20)26-31(28,29)23-6-4-3-5-7-23/h1,3-15,26H,16-18H2,(H,25,27). The fourth-order valence-electron chi connectivity index (χ4n) is 2.80. The molecule has 3 aromatic rings. The zero-order valence-electron chi connectivity index (χ0n) is 16.7. The molecule has 0 aliphatic carbocycles. The van der Waals surface area contributed by atoms with Gasteiger partial charge in [-0.25, -0.2) is 8.42 Å². The van der Waals surface area contributed by atoms with Crippen molar-refractivity contribution in [3.63, 3.8) is 0 Å². The third kappa shape index (κ3) is 6.36. The second-order valence-corrected chi connectivity index (χ2v) is 8.32. The minimum Gasteiger partial charge on any atom is -0.481 e. The maximum absolute atomic E-state index is 12.4. The van der Waals surface area contributed by atoms with Crippen molar-refractivity contribution in [3.05, 3.63) is 90.0 Å².